The number of quaternary nitrogens is 1. The molecule has 0 amide bonds. The summed E-state index contributed by atoms with van der Waals surface area (Å²) in [7, 11) is -2.77. The van der Waals surface area contributed by atoms with Crippen molar-refractivity contribution in [3.63, 3.8) is 0 Å². The first kappa shape index (κ1) is 16.4. The normalized spacial score (nSPS) is 19.9. The predicted octanol–water partition coefficient (Wildman–Crippen LogP) is -0.261. The van der Waals surface area contributed by atoms with Crippen molar-refractivity contribution in [1.29, 1.82) is 0 Å². The van der Waals surface area contributed by atoms with E-state index in [1.807, 2.05) is 0 Å². The van der Waals surface area contributed by atoms with Gasteiger partial charge in [0.2, 0.25) is 0 Å². The Hall–Kier alpha value is 0.340. The summed E-state index contributed by atoms with van der Waals surface area (Å²) in [5.41, 5.74) is 0. The number of alkyl halides is 2. The standard InChI is InChI=1S/C10H17Br2NO4S/c11-9(12)10(14)17-6-2-1-3-13-4-7-18(15,16)8-5-13/h9H,1-8H2/p+1. The molecule has 0 aliphatic carbocycles. The highest BCUT2D eigenvalue weighted by atomic mass is 79.9. The van der Waals surface area contributed by atoms with Crippen LogP contribution in [0.15, 0.2) is 0 Å². The quantitative estimate of drug-likeness (QED) is 0.374. The lowest BCUT2D eigenvalue weighted by molar-refractivity contribution is -0.896. The molecule has 8 heteroatoms. The third-order valence-electron chi connectivity index (χ3n) is 2.88. The van der Waals surface area contributed by atoms with Crippen LogP contribution in [0, 0.1) is 0 Å². The van der Waals surface area contributed by atoms with Crippen LogP contribution in [0.1, 0.15) is 12.8 Å². The molecule has 0 radical (unpaired) electrons. The molecule has 0 atom stereocenters. The van der Waals surface area contributed by atoms with Crippen molar-refractivity contribution in [2.45, 2.75) is 16.6 Å². The number of esters is 1. The molecule has 1 aliphatic rings. The number of sulfone groups is 1. The predicted molar refractivity (Wildman–Crippen MR) is 76.1 cm³/mol. The van der Waals surface area contributed by atoms with Gasteiger partial charge in [-0.3, -0.25) is 0 Å². The largest absolute Gasteiger partial charge is 0.464 e. The third kappa shape index (κ3) is 6.49. The van der Waals surface area contributed by atoms with Crippen molar-refractivity contribution in [2.24, 2.45) is 0 Å². The van der Waals surface area contributed by atoms with E-state index in [-0.39, 0.29) is 5.97 Å². The van der Waals surface area contributed by atoms with Crippen LogP contribution < -0.4 is 4.90 Å². The van der Waals surface area contributed by atoms with Crippen molar-refractivity contribution in [3.8, 4) is 0 Å². The molecular formula is C10H18Br2NO4S+. The van der Waals surface area contributed by atoms with Gasteiger partial charge in [-0.05, 0) is 12.8 Å². The van der Waals surface area contributed by atoms with Gasteiger partial charge in [0.05, 0.1) is 37.7 Å². The molecule has 106 valence electrons. The molecule has 1 saturated heterocycles. The van der Waals surface area contributed by atoms with Crippen LogP contribution in [0.4, 0.5) is 0 Å². The first-order chi connectivity index (χ1) is 8.41. The van der Waals surface area contributed by atoms with E-state index in [2.05, 4.69) is 31.9 Å². The maximum Gasteiger partial charge on any atom is 0.330 e. The smallest absolute Gasteiger partial charge is 0.330 e. The zero-order valence-electron chi connectivity index (χ0n) is 10.0. The average molecular weight is 408 g/mol. The van der Waals surface area contributed by atoms with Gasteiger partial charge in [-0.25, -0.2) is 13.2 Å². The Morgan fingerprint density at radius 3 is 2.39 bits per heavy atom. The lowest BCUT2D eigenvalue weighted by atomic mass is 10.3. The van der Waals surface area contributed by atoms with Crippen molar-refractivity contribution in [1.82, 2.24) is 0 Å². The summed E-state index contributed by atoms with van der Waals surface area (Å²) in [6.07, 6.45) is 1.76. The summed E-state index contributed by atoms with van der Waals surface area (Å²) in [4.78, 5) is 12.4. The van der Waals surface area contributed by atoms with E-state index < -0.39 is 13.6 Å². The fourth-order valence-electron chi connectivity index (χ4n) is 1.79. The van der Waals surface area contributed by atoms with Crippen LogP contribution in [-0.4, -0.2) is 55.9 Å². The number of nitrogens with one attached hydrogen (secondary N) is 1. The molecule has 1 N–H and O–H groups in total. The first-order valence-electron chi connectivity index (χ1n) is 5.89. The second-order valence-electron chi connectivity index (χ2n) is 4.33. The highest BCUT2D eigenvalue weighted by molar-refractivity contribution is 9.25. The number of carbonyl (C=O) groups excluding carboxylic acids is 1. The third-order valence-corrected chi connectivity index (χ3v) is 5.28. The second kappa shape index (κ2) is 7.81. The minimum Gasteiger partial charge on any atom is -0.464 e. The second-order valence-corrected chi connectivity index (χ2v) is 9.69. The van der Waals surface area contributed by atoms with E-state index in [9.17, 15) is 13.2 Å². The van der Waals surface area contributed by atoms with Gasteiger partial charge in [0.15, 0.2) is 13.6 Å². The van der Waals surface area contributed by atoms with Gasteiger partial charge >= 0.3 is 5.97 Å². The molecule has 18 heavy (non-hydrogen) atoms. The number of hydrogen-bond donors (Lipinski definition) is 1. The fourth-order valence-corrected chi connectivity index (χ4v) is 3.46. The van der Waals surface area contributed by atoms with Gasteiger partial charge in [0.25, 0.3) is 0 Å². The summed E-state index contributed by atoms with van der Waals surface area (Å²) >= 11 is 6.13. The van der Waals surface area contributed by atoms with Crippen LogP contribution in [0.2, 0.25) is 0 Å². The Balaban J connectivity index is 2.04. The number of ether oxygens (including phenoxy) is 1. The molecule has 0 saturated carbocycles. The van der Waals surface area contributed by atoms with Crippen molar-refractivity contribution >= 4 is 47.7 Å². The van der Waals surface area contributed by atoms with Crippen molar-refractivity contribution in [3.05, 3.63) is 0 Å². The number of halogens is 2. The average Bonchev–Trinajstić information content (AvgIpc) is 2.30. The van der Waals surface area contributed by atoms with Crippen LogP contribution in [0.5, 0.6) is 0 Å². The fraction of sp³-hybridized carbons (Fsp3) is 0.900. The maximum atomic E-state index is 11.2. The highest BCUT2D eigenvalue weighted by Crippen LogP contribution is 2.09. The molecule has 0 spiro atoms. The summed E-state index contributed by atoms with van der Waals surface area (Å²) < 4.78 is 27.0. The number of rotatable bonds is 6. The molecular weight excluding hydrogens is 390 g/mol. The van der Waals surface area contributed by atoms with E-state index >= 15 is 0 Å². The minimum atomic E-state index is -2.77. The number of carbonyl (C=O) groups is 1. The highest BCUT2D eigenvalue weighted by Gasteiger charge is 2.23. The molecule has 1 rings (SSSR count). The summed E-state index contributed by atoms with van der Waals surface area (Å²) in [5.74, 6) is 0.282. The molecule has 1 aliphatic heterocycles. The van der Waals surface area contributed by atoms with Gasteiger partial charge < -0.3 is 9.64 Å². The van der Waals surface area contributed by atoms with Gasteiger partial charge in [0, 0.05) is 0 Å². The summed E-state index contributed by atoms with van der Waals surface area (Å²) in [6.45, 7) is 2.76. The molecule has 0 unspecified atom stereocenters. The molecule has 0 aromatic rings. The zero-order chi connectivity index (χ0) is 13.6. The Morgan fingerprint density at radius 1 is 1.22 bits per heavy atom. The van der Waals surface area contributed by atoms with Crippen LogP contribution in [0.25, 0.3) is 0 Å². The SMILES string of the molecule is O=C(OCCCC[NH+]1CCS(=O)(=O)CC1)C(Br)Br. The van der Waals surface area contributed by atoms with E-state index in [1.54, 1.807) is 0 Å². The van der Waals surface area contributed by atoms with Gasteiger partial charge in [-0.15, -0.1) is 0 Å². The maximum absolute atomic E-state index is 11.2. The summed E-state index contributed by atoms with van der Waals surface area (Å²) in [6, 6.07) is 0. The Kier molecular flexibility index (Phi) is 7.12. The molecule has 1 heterocycles. The van der Waals surface area contributed by atoms with Gasteiger partial charge in [-0.1, -0.05) is 31.9 Å². The monoisotopic (exact) mass is 406 g/mol. The molecule has 0 aromatic carbocycles. The van der Waals surface area contributed by atoms with Crippen molar-refractivity contribution in [2.75, 3.05) is 37.7 Å². The molecule has 5 nitrogen and oxygen atoms in total. The molecule has 0 aromatic heterocycles. The molecule has 0 bridgehead atoms. The van der Waals surface area contributed by atoms with Gasteiger partial charge in [0.1, 0.15) is 0 Å². The van der Waals surface area contributed by atoms with E-state index in [0.717, 1.165) is 19.4 Å². The van der Waals surface area contributed by atoms with E-state index in [4.69, 9.17) is 4.74 Å². The Labute approximate surface area is 124 Å². The Bertz CT molecular complexity index is 358. The van der Waals surface area contributed by atoms with Gasteiger partial charge in [-0.2, -0.15) is 0 Å². The molecule has 1 fully saturated rings. The minimum absolute atomic E-state index is 0.298. The lowest BCUT2D eigenvalue weighted by Gasteiger charge is -2.23. The van der Waals surface area contributed by atoms with E-state index in [0.29, 0.717) is 31.2 Å². The Morgan fingerprint density at radius 2 is 1.83 bits per heavy atom. The number of unbranched alkanes of at least 4 members (excludes halogenated alkanes) is 1. The van der Waals surface area contributed by atoms with Crippen LogP contribution in [0.3, 0.4) is 0 Å². The van der Waals surface area contributed by atoms with E-state index in [1.165, 1.54) is 4.90 Å². The van der Waals surface area contributed by atoms with Crippen LogP contribution in [-0.2, 0) is 19.4 Å². The van der Waals surface area contributed by atoms with Crippen LogP contribution >= 0.6 is 31.9 Å². The van der Waals surface area contributed by atoms with Crippen molar-refractivity contribution < 1.29 is 22.8 Å². The first-order valence-corrected chi connectivity index (χ1v) is 9.55. The topological polar surface area (TPSA) is 64.9 Å². The lowest BCUT2D eigenvalue weighted by Crippen LogP contribution is -3.14. The zero-order valence-corrected chi connectivity index (χ0v) is 14.0. The summed E-state index contributed by atoms with van der Waals surface area (Å²) in [5, 5.41) is 0. The number of hydrogen-bond acceptors (Lipinski definition) is 4.